The van der Waals surface area contributed by atoms with Crippen molar-refractivity contribution < 1.29 is 19.3 Å². The lowest BCUT2D eigenvalue weighted by Gasteiger charge is -2.28. The van der Waals surface area contributed by atoms with Crippen LogP contribution in [0.2, 0.25) is 0 Å². The predicted molar refractivity (Wildman–Crippen MR) is 108 cm³/mol. The van der Waals surface area contributed by atoms with Gasteiger partial charge in [0.1, 0.15) is 11.6 Å². The summed E-state index contributed by atoms with van der Waals surface area (Å²) in [6, 6.07) is 13.7. The quantitative estimate of drug-likeness (QED) is 0.545. The second kappa shape index (κ2) is 6.29. The van der Waals surface area contributed by atoms with E-state index < -0.39 is 10.5 Å². The summed E-state index contributed by atoms with van der Waals surface area (Å²) >= 11 is 0. The molecule has 1 amide bonds. The highest BCUT2D eigenvalue weighted by atomic mass is 16.6. The molecule has 0 N–H and O–H groups in total. The minimum atomic E-state index is -0.615. The molecule has 8 nitrogen and oxygen atoms in total. The van der Waals surface area contributed by atoms with Gasteiger partial charge in [-0.15, -0.1) is 0 Å². The smallest absolute Gasteiger partial charge is 0.411 e. The van der Waals surface area contributed by atoms with Crippen molar-refractivity contribution in [2.24, 2.45) is 11.1 Å². The molecule has 1 fully saturated rings. The number of hydrogen-bond donors (Lipinski definition) is 0. The number of nitro groups is 1. The number of nitrogens with zero attached hydrogens (tertiary/aromatic N) is 3. The van der Waals surface area contributed by atoms with Crippen molar-refractivity contribution in [1.29, 1.82) is 0 Å². The third kappa shape index (κ3) is 2.67. The number of oxime groups is 1. The highest BCUT2D eigenvalue weighted by Gasteiger charge is 2.64. The molecule has 1 saturated heterocycles. The van der Waals surface area contributed by atoms with Gasteiger partial charge in [-0.25, -0.2) is 4.79 Å². The second-order valence-corrected chi connectivity index (χ2v) is 8.78. The molecule has 3 heterocycles. The van der Waals surface area contributed by atoms with E-state index in [0.29, 0.717) is 5.71 Å². The number of nitro benzene ring substituents is 1. The summed E-state index contributed by atoms with van der Waals surface area (Å²) in [5.41, 5.74) is 2.97. The van der Waals surface area contributed by atoms with Gasteiger partial charge >= 0.3 is 6.09 Å². The number of non-ortho nitro benzene ring substituents is 1. The molecule has 0 saturated carbocycles. The number of rotatable bonds is 2. The molecule has 0 unspecified atom stereocenters. The fourth-order valence-electron chi connectivity index (χ4n) is 4.75. The monoisotopic (exact) mass is 407 g/mol. The van der Waals surface area contributed by atoms with Gasteiger partial charge < -0.3 is 9.57 Å². The van der Waals surface area contributed by atoms with Crippen LogP contribution in [0.1, 0.15) is 49.5 Å². The van der Waals surface area contributed by atoms with E-state index in [4.69, 9.17) is 9.57 Å². The van der Waals surface area contributed by atoms with E-state index in [9.17, 15) is 14.9 Å². The molecule has 154 valence electrons. The molecule has 0 spiro atoms. The molecule has 0 aromatic heterocycles. The molecule has 8 heteroatoms. The predicted octanol–water partition coefficient (Wildman–Crippen LogP) is 4.36. The fraction of sp³-hybridized carbons (Fsp3) is 0.364. The van der Waals surface area contributed by atoms with Crippen molar-refractivity contribution >= 4 is 17.5 Å². The maximum atomic E-state index is 13.1. The molecular formula is C22H21N3O5. The van der Waals surface area contributed by atoms with Crippen molar-refractivity contribution in [3.05, 3.63) is 75.3 Å². The summed E-state index contributed by atoms with van der Waals surface area (Å²) < 4.78 is 5.70. The van der Waals surface area contributed by atoms with Crippen molar-refractivity contribution in [1.82, 2.24) is 4.90 Å². The minimum absolute atomic E-state index is 0.0171. The van der Waals surface area contributed by atoms with Crippen molar-refractivity contribution in [2.45, 2.75) is 44.6 Å². The van der Waals surface area contributed by atoms with Crippen molar-refractivity contribution in [2.75, 3.05) is 0 Å². The Bertz CT molecular complexity index is 1070. The van der Waals surface area contributed by atoms with E-state index >= 15 is 0 Å². The molecule has 0 radical (unpaired) electrons. The number of hydrogen-bond acceptors (Lipinski definition) is 6. The van der Waals surface area contributed by atoms with Crippen LogP contribution in [0.15, 0.2) is 53.7 Å². The van der Waals surface area contributed by atoms with Crippen LogP contribution >= 0.6 is 0 Å². The van der Waals surface area contributed by atoms with Crippen LogP contribution in [0.4, 0.5) is 10.5 Å². The molecule has 5 rings (SSSR count). The SMILES string of the molecule is CC(C)(C)OC(=O)N1[C@@H]2c3ccccc3[C@H]1[C@@H]1C(c3ccc([N+](=O)[O-])cc3)=NO[C@@H]12. The lowest BCUT2D eigenvalue weighted by atomic mass is 9.78. The molecule has 0 aliphatic carbocycles. The minimum Gasteiger partial charge on any atom is -0.444 e. The Balaban J connectivity index is 1.54. The largest absolute Gasteiger partial charge is 0.444 e. The van der Waals surface area contributed by atoms with Crippen LogP contribution in [0.3, 0.4) is 0 Å². The van der Waals surface area contributed by atoms with E-state index in [1.807, 2.05) is 45.0 Å². The number of ether oxygens (including phenoxy) is 1. The molecule has 3 aliphatic heterocycles. The van der Waals surface area contributed by atoms with E-state index in [1.54, 1.807) is 17.0 Å². The first kappa shape index (κ1) is 18.6. The van der Waals surface area contributed by atoms with Crippen molar-refractivity contribution in [3.8, 4) is 0 Å². The molecule has 3 aliphatic rings. The second-order valence-electron chi connectivity index (χ2n) is 8.78. The third-order valence-electron chi connectivity index (χ3n) is 5.80. The summed E-state index contributed by atoms with van der Waals surface area (Å²) in [4.78, 5) is 31.3. The first-order chi connectivity index (χ1) is 14.3. The number of carbonyl (C=O) groups is 1. The Morgan fingerprint density at radius 1 is 1.10 bits per heavy atom. The average Bonchev–Trinajstić information content (AvgIpc) is 3.34. The van der Waals surface area contributed by atoms with Gasteiger partial charge in [-0.3, -0.25) is 15.0 Å². The Morgan fingerprint density at radius 3 is 2.33 bits per heavy atom. The van der Waals surface area contributed by atoms with Crippen LogP contribution in [-0.2, 0) is 9.57 Å². The van der Waals surface area contributed by atoms with Gasteiger partial charge in [0.15, 0.2) is 6.10 Å². The Labute approximate surface area is 173 Å². The van der Waals surface area contributed by atoms with Crippen LogP contribution in [0, 0.1) is 16.0 Å². The highest BCUT2D eigenvalue weighted by Crippen LogP contribution is 2.60. The molecule has 2 aromatic carbocycles. The average molecular weight is 407 g/mol. The van der Waals surface area contributed by atoms with Crippen LogP contribution in [0.5, 0.6) is 0 Å². The lowest BCUT2D eigenvalue weighted by Crippen LogP contribution is -2.36. The topological polar surface area (TPSA) is 94.3 Å². The number of benzene rings is 2. The first-order valence-corrected chi connectivity index (χ1v) is 9.85. The highest BCUT2D eigenvalue weighted by molar-refractivity contribution is 6.04. The number of carbonyl (C=O) groups excluding carboxylic acids is 1. The zero-order chi connectivity index (χ0) is 21.2. The van der Waals surface area contributed by atoms with Gasteiger partial charge in [-0.1, -0.05) is 29.4 Å². The molecule has 2 bridgehead atoms. The molecule has 2 aromatic rings. The number of amides is 1. The van der Waals surface area contributed by atoms with Crippen molar-refractivity contribution in [3.63, 3.8) is 0 Å². The van der Waals surface area contributed by atoms with E-state index in [2.05, 4.69) is 5.16 Å². The van der Waals surface area contributed by atoms with Gasteiger partial charge in [0, 0.05) is 17.7 Å². The van der Waals surface area contributed by atoms with E-state index in [0.717, 1.165) is 16.7 Å². The molecule has 30 heavy (non-hydrogen) atoms. The zero-order valence-electron chi connectivity index (χ0n) is 16.8. The van der Waals surface area contributed by atoms with Gasteiger partial charge in [0.05, 0.1) is 22.6 Å². The van der Waals surface area contributed by atoms with E-state index in [-0.39, 0.29) is 35.9 Å². The van der Waals surface area contributed by atoms with Gasteiger partial charge in [0.25, 0.3) is 5.69 Å². The summed E-state index contributed by atoms with van der Waals surface area (Å²) in [7, 11) is 0. The van der Waals surface area contributed by atoms with Gasteiger partial charge in [-0.2, -0.15) is 0 Å². The van der Waals surface area contributed by atoms with Crippen LogP contribution in [-0.4, -0.2) is 33.3 Å². The summed E-state index contributed by atoms with van der Waals surface area (Å²) in [6.07, 6.45) is -0.697. The fourth-order valence-corrected chi connectivity index (χ4v) is 4.75. The summed E-state index contributed by atoms with van der Waals surface area (Å²) in [5, 5.41) is 15.3. The maximum Gasteiger partial charge on any atom is 0.411 e. The first-order valence-electron chi connectivity index (χ1n) is 9.85. The standard InChI is InChI=1S/C22H21N3O5/c1-22(2,3)29-21(26)24-18-14-6-4-5-7-15(14)19(24)20-16(18)17(23-30-20)12-8-10-13(11-9-12)25(27)28/h4-11,16,18-20H,1-3H3/t16-,18-,19+,20-/m0/s1. The molecule has 4 atom stereocenters. The third-order valence-corrected chi connectivity index (χ3v) is 5.80. The normalized spacial score (nSPS) is 26.0. The van der Waals surface area contributed by atoms with Gasteiger partial charge in [0.2, 0.25) is 0 Å². The van der Waals surface area contributed by atoms with Gasteiger partial charge in [-0.05, 0) is 44.0 Å². The molecular weight excluding hydrogens is 386 g/mol. The Morgan fingerprint density at radius 2 is 1.73 bits per heavy atom. The maximum absolute atomic E-state index is 13.1. The summed E-state index contributed by atoms with van der Waals surface area (Å²) in [5.74, 6) is -0.168. The summed E-state index contributed by atoms with van der Waals surface area (Å²) in [6.45, 7) is 5.53. The zero-order valence-corrected chi connectivity index (χ0v) is 16.8. The van der Waals surface area contributed by atoms with Crippen LogP contribution in [0.25, 0.3) is 0 Å². The Kier molecular flexibility index (Phi) is 3.90. The number of fused-ring (bicyclic) bond motifs is 8. The van der Waals surface area contributed by atoms with Crippen LogP contribution < -0.4 is 0 Å². The Hall–Kier alpha value is -3.42. The van der Waals surface area contributed by atoms with E-state index in [1.165, 1.54) is 12.1 Å². The lowest BCUT2D eigenvalue weighted by molar-refractivity contribution is -0.384.